The molecule has 0 saturated carbocycles. The fraction of sp³-hybridized carbons (Fsp3) is 0.727. The molecule has 0 aliphatic heterocycles. The van der Waals surface area contributed by atoms with Crippen molar-refractivity contribution < 1.29 is 13.3 Å². The highest BCUT2D eigenvalue weighted by atomic mass is 28.4. The van der Waals surface area contributed by atoms with Crippen molar-refractivity contribution in [2.45, 2.75) is 25.9 Å². The number of aromatic nitrogens is 2. The Kier molecular flexibility index (Phi) is 6.51. The molecule has 0 amide bonds. The van der Waals surface area contributed by atoms with Crippen LogP contribution in [0.15, 0.2) is 6.20 Å². The standard InChI is InChI=1S/C11H23N3O3Si/c1-10-13-9-11(14-10)8-12-6-5-7-18(15-2,16-3)17-4/h9,12H,5-8H2,1-4H3,(H,13,14). The zero-order valence-corrected chi connectivity index (χ0v) is 12.6. The maximum Gasteiger partial charge on any atom is 0.500 e. The second-order valence-electron chi connectivity index (χ2n) is 4.07. The Morgan fingerprint density at radius 2 is 1.94 bits per heavy atom. The Bertz CT molecular complexity index is 334. The van der Waals surface area contributed by atoms with Gasteiger partial charge in [0, 0.05) is 45.8 Å². The fourth-order valence-corrected chi connectivity index (χ4v) is 3.49. The average molecular weight is 273 g/mol. The molecule has 2 N–H and O–H groups in total. The molecular weight excluding hydrogens is 250 g/mol. The van der Waals surface area contributed by atoms with Gasteiger partial charge in [0.2, 0.25) is 0 Å². The molecule has 1 heterocycles. The third-order valence-corrected chi connectivity index (χ3v) is 5.67. The van der Waals surface area contributed by atoms with Crippen LogP contribution in [0.1, 0.15) is 17.9 Å². The van der Waals surface area contributed by atoms with E-state index in [-0.39, 0.29) is 0 Å². The molecule has 104 valence electrons. The number of aryl methyl sites for hydroxylation is 1. The lowest BCUT2D eigenvalue weighted by Gasteiger charge is -2.24. The van der Waals surface area contributed by atoms with Crippen LogP contribution >= 0.6 is 0 Å². The lowest BCUT2D eigenvalue weighted by atomic mass is 10.4. The molecule has 0 unspecified atom stereocenters. The van der Waals surface area contributed by atoms with Crippen LogP contribution in [0.4, 0.5) is 0 Å². The first-order valence-corrected chi connectivity index (χ1v) is 7.95. The first-order chi connectivity index (χ1) is 8.65. The Hall–Kier alpha value is -0.733. The second kappa shape index (κ2) is 7.65. The van der Waals surface area contributed by atoms with E-state index in [1.165, 1.54) is 0 Å². The summed E-state index contributed by atoms with van der Waals surface area (Å²) in [7, 11) is 2.51. The highest BCUT2D eigenvalue weighted by Gasteiger charge is 2.36. The molecule has 18 heavy (non-hydrogen) atoms. The third-order valence-electron chi connectivity index (χ3n) is 2.84. The van der Waals surface area contributed by atoms with Crippen LogP contribution in [0.5, 0.6) is 0 Å². The molecule has 0 radical (unpaired) electrons. The minimum atomic E-state index is -2.40. The van der Waals surface area contributed by atoms with Gasteiger partial charge in [-0.2, -0.15) is 0 Å². The van der Waals surface area contributed by atoms with Crippen molar-refractivity contribution >= 4 is 8.80 Å². The highest BCUT2D eigenvalue weighted by Crippen LogP contribution is 2.14. The first-order valence-electron chi connectivity index (χ1n) is 6.02. The number of aromatic amines is 1. The maximum atomic E-state index is 5.35. The lowest BCUT2D eigenvalue weighted by molar-refractivity contribution is 0.123. The highest BCUT2D eigenvalue weighted by molar-refractivity contribution is 6.60. The molecular formula is C11H23N3O3Si. The van der Waals surface area contributed by atoms with Gasteiger partial charge in [0.1, 0.15) is 5.82 Å². The summed E-state index contributed by atoms with van der Waals surface area (Å²) < 4.78 is 16.1. The summed E-state index contributed by atoms with van der Waals surface area (Å²) in [5.41, 5.74) is 1.10. The molecule has 0 aromatic carbocycles. The van der Waals surface area contributed by atoms with Crippen LogP contribution in [-0.4, -0.2) is 46.6 Å². The molecule has 1 rings (SSSR count). The molecule has 1 aromatic heterocycles. The van der Waals surface area contributed by atoms with Gasteiger partial charge in [0.25, 0.3) is 0 Å². The van der Waals surface area contributed by atoms with Crippen molar-refractivity contribution in [2.24, 2.45) is 0 Å². The van der Waals surface area contributed by atoms with Crippen molar-refractivity contribution in [2.75, 3.05) is 27.9 Å². The van der Waals surface area contributed by atoms with Crippen molar-refractivity contribution in [1.29, 1.82) is 0 Å². The smallest absolute Gasteiger partial charge is 0.377 e. The second-order valence-corrected chi connectivity index (χ2v) is 7.16. The molecule has 0 bridgehead atoms. The number of hydrogen-bond acceptors (Lipinski definition) is 5. The van der Waals surface area contributed by atoms with E-state index >= 15 is 0 Å². The molecule has 0 aliphatic rings. The molecule has 1 aromatic rings. The predicted octanol–water partition coefficient (Wildman–Crippen LogP) is 1.08. The Balaban J connectivity index is 2.18. The topological polar surface area (TPSA) is 68.4 Å². The minimum Gasteiger partial charge on any atom is -0.377 e. The van der Waals surface area contributed by atoms with Gasteiger partial charge in [-0.3, -0.25) is 0 Å². The van der Waals surface area contributed by atoms with Gasteiger partial charge in [0.15, 0.2) is 0 Å². The van der Waals surface area contributed by atoms with Gasteiger partial charge < -0.3 is 23.6 Å². The summed E-state index contributed by atoms with van der Waals surface area (Å²) in [5.74, 6) is 0.941. The summed E-state index contributed by atoms with van der Waals surface area (Å²) in [4.78, 5) is 7.32. The van der Waals surface area contributed by atoms with Crippen LogP contribution in [0.25, 0.3) is 0 Å². The van der Waals surface area contributed by atoms with Crippen LogP contribution in [-0.2, 0) is 19.8 Å². The van der Waals surface area contributed by atoms with Crippen LogP contribution in [0, 0.1) is 6.92 Å². The van der Waals surface area contributed by atoms with Crippen LogP contribution in [0.2, 0.25) is 6.04 Å². The van der Waals surface area contributed by atoms with Crippen molar-refractivity contribution in [1.82, 2.24) is 15.3 Å². The lowest BCUT2D eigenvalue weighted by Crippen LogP contribution is -2.43. The van der Waals surface area contributed by atoms with Crippen molar-refractivity contribution in [3.05, 3.63) is 17.7 Å². The molecule has 0 aliphatic carbocycles. The van der Waals surface area contributed by atoms with Gasteiger partial charge >= 0.3 is 8.80 Å². The van der Waals surface area contributed by atoms with E-state index in [0.717, 1.165) is 37.1 Å². The van der Waals surface area contributed by atoms with Crippen LogP contribution < -0.4 is 5.32 Å². The summed E-state index contributed by atoms with van der Waals surface area (Å²) in [5, 5.41) is 3.34. The zero-order chi connectivity index (χ0) is 13.4. The summed E-state index contributed by atoms with van der Waals surface area (Å²) in [6.45, 7) is 3.63. The third kappa shape index (κ3) is 4.50. The molecule has 0 saturated heterocycles. The van der Waals surface area contributed by atoms with Gasteiger partial charge in [-0.1, -0.05) is 0 Å². The molecule has 6 nitrogen and oxygen atoms in total. The van der Waals surface area contributed by atoms with E-state index in [4.69, 9.17) is 13.3 Å². The maximum absolute atomic E-state index is 5.35. The number of hydrogen-bond donors (Lipinski definition) is 2. The van der Waals surface area contributed by atoms with E-state index in [0.29, 0.717) is 0 Å². The number of imidazole rings is 1. The number of nitrogens with one attached hydrogen (secondary N) is 2. The predicted molar refractivity (Wildman–Crippen MR) is 71.2 cm³/mol. The summed E-state index contributed by atoms with van der Waals surface area (Å²) in [6.07, 6.45) is 2.80. The molecule has 0 spiro atoms. The number of H-pyrrole nitrogens is 1. The minimum absolute atomic E-state index is 0.794. The SMILES string of the molecule is CO[Si](CCCNCc1cnc(C)[nH]1)(OC)OC. The van der Waals surface area contributed by atoms with Gasteiger partial charge in [-0.25, -0.2) is 4.98 Å². The van der Waals surface area contributed by atoms with Crippen molar-refractivity contribution in [3.63, 3.8) is 0 Å². The van der Waals surface area contributed by atoms with Gasteiger partial charge in [0.05, 0.1) is 0 Å². The summed E-state index contributed by atoms with van der Waals surface area (Å²) in [6, 6.07) is 0.811. The average Bonchev–Trinajstić information content (AvgIpc) is 2.80. The van der Waals surface area contributed by atoms with Gasteiger partial charge in [-0.15, -0.1) is 0 Å². The molecule has 7 heteroatoms. The first kappa shape index (κ1) is 15.3. The van der Waals surface area contributed by atoms with E-state index in [2.05, 4.69) is 15.3 Å². The Labute approximate surface area is 109 Å². The fourth-order valence-electron chi connectivity index (χ4n) is 1.77. The quantitative estimate of drug-likeness (QED) is 0.520. The van der Waals surface area contributed by atoms with E-state index in [1.807, 2.05) is 13.1 Å². The largest absolute Gasteiger partial charge is 0.500 e. The normalized spacial score (nSPS) is 12.0. The molecule has 0 fully saturated rings. The van der Waals surface area contributed by atoms with Crippen molar-refractivity contribution in [3.8, 4) is 0 Å². The van der Waals surface area contributed by atoms with E-state index < -0.39 is 8.80 Å². The zero-order valence-electron chi connectivity index (χ0n) is 11.6. The van der Waals surface area contributed by atoms with Crippen LogP contribution in [0.3, 0.4) is 0 Å². The van der Waals surface area contributed by atoms with Gasteiger partial charge in [-0.05, 0) is 19.9 Å². The number of rotatable bonds is 9. The monoisotopic (exact) mass is 273 g/mol. The Morgan fingerprint density at radius 1 is 1.28 bits per heavy atom. The summed E-state index contributed by atoms with van der Waals surface area (Å²) >= 11 is 0. The van der Waals surface area contributed by atoms with E-state index in [1.54, 1.807) is 21.3 Å². The number of nitrogens with zero attached hydrogens (tertiary/aromatic N) is 1. The Morgan fingerprint density at radius 3 is 2.44 bits per heavy atom. The molecule has 0 atom stereocenters. The van der Waals surface area contributed by atoms with E-state index in [9.17, 15) is 0 Å².